The standard InChI is InChI=1S/C11H18N2O2/c1-7(2)5-6-13-9(4)10(11(14)15)8(3)12-13/h7H,5-6H2,1-4H3,(H,14,15). The second-order valence-corrected chi connectivity index (χ2v) is 4.26. The maximum absolute atomic E-state index is 10.9. The molecule has 84 valence electrons. The van der Waals surface area contributed by atoms with Gasteiger partial charge in [0.2, 0.25) is 0 Å². The zero-order chi connectivity index (χ0) is 11.6. The molecule has 0 fully saturated rings. The van der Waals surface area contributed by atoms with Crippen molar-refractivity contribution in [3.05, 3.63) is 17.0 Å². The largest absolute Gasteiger partial charge is 0.478 e. The number of rotatable bonds is 4. The summed E-state index contributed by atoms with van der Waals surface area (Å²) in [6.45, 7) is 8.62. The molecule has 0 unspecified atom stereocenters. The SMILES string of the molecule is Cc1nn(CCC(C)C)c(C)c1C(=O)O. The Kier molecular flexibility index (Phi) is 3.50. The molecule has 15 heavy (non-hydrogen) atoms. The monoisotopic (exact) mass is 210 g/mol. The maximum atomic E-state index is 10.9. The first-order valence-electron chi connectivity index (χ1n) is 5.20. The molecule has 0 radical (unpaired) electrons. The number of carbonyl (C=O) groups is 1. The van der Waals surface area contributed by atoms with Crippen LogP contribution in [0.3, 0.4) is 0 Å². The van der Waals surface area contributed by atoms with Crippen molar-refractivity contribution in [2.24, 2.45) is 5.92 Å². The second kappa shape index (κ2) is 4.47. The van der Waals surface area contributed by atoms with Crippen LogP contribution in [0.4, 0.5) is 0 Å². The molecule has 0 aliphatic rings. The van der Waals surface area contributed by atoms with Crippen molar-refractivity contribution in [1.29, 1.82) is 0 Å². The van der Waals surface area contributed by atoms with Crippen molar-refractivity contribution in [3.8, 4) is 0 Å². The normalized spacial score (nSPS) is 11.0. The number of hydrogen-bond donors (Lipinski definition) is 1. The third kappa shape index (κ3) is 2.58. The summed E-state index contributed by atoms with van der Waals surface area (Å²) in [7, 11) is 0. The van der Waals surface area contributed by atoms with Gasteiger partial charge in [0.05, 0.1) is 11.4 Å². The summed E-state index contributed by atoms with van der Waals surface area (Å²) in [6.07, 6.45) is 1.01. The van der Waals surface area contributed by atoms with Crippen LogP contribution in [-0.2, 0) is 6.54 Å². The van der Waals surface area contributed by atoms with Crippen molar-refractivity contribution >= 4 is 5.97 Å². The predicted molar refractivity (Wildman–Crippen MR) is 58.1 cm³/mol. The van der Waals surface area contributed by atoms with E-state index in [1.54, 1.807) is 11.6 Å². The molecule has 0 atom stereocenters. The molecule has 4 nitrogen and oxygen atoms in total. The highest BCUT2D eigenvalue weighted by Crippen LogP contribution is 2.14. The first-order chi connectivity index (χ1) is 6.93. The van der Waals surface area contributed by atoms with E-state index < -0.39 is 5.97 Å². The molecule has 0 bridgehead atoms. The molecule has 0 spiro atoms. The molecule has 1 N–H and O–H groups in total. The minimum atomic E-state index is -0.888. The smallest absolute Gasteiger partial charge is 0.339 e. The van der Waals surface area contributed by atoms with Gasteiger partial charge in [-0.15, -0.1) is 0 Å². The lowest BCUT2D eigenvalue weighted by Crippen LogP contribution is -2.06. The van der Waals surface area contributed by atoms with Crippen LogP contribution in [0.1, 0.15) is 42.0 Å². The van der Waals surface area contributed by atoms with Gasteiger partial charge in [-0.1, -0.05) is 13.8 Å². The van der Waals surface area contributed by atoms with Crippen molar-refractivity contribution in [2.75, 3.05) is 0 Å². The lowest BCUT2D eigenvalue weighted by molar-refractivity contribution is 0.0695. The van der Waals surface area contributed by atoms with Crippen LogP contribution in [0.25, 0.3) is 0 Å². The number of hydrogen-bond acceptors (Lipinski definition) is 2. The number of aryl methyl sites for hydroxylation is 2. The van der Waals surface area contributed by atoms with Crippen molar-refractivity contribution in [3.63, 3.8) is 0 Å². The molecule has 1 rings (SSSR count). The van der Waals surface area contributed by atoms with Gasteiger partial charge in [-0.2, -0.15) is 5.10 Å². The fourth-order valence-corrected chi connectivity index (χ4v) is 1.60. The highest BCUT2D eigenvalue weighted by molar-refractivity contribution is 5.90. The molecule has 0 saturated heterocycles. The average molecular weight is 210 g/mol. The van der Waals surface area contributed by atoms with E-state index in [1.807, 2.05) is 6.92 Å². The van der Waals surface area contributed by atoms with E-state index in [9.17, 15) is 4.79 Å². The maximum Gasteiger partial charge on any atom is 0.339 e. The Balaban J connectivity index is 2.91. The Bertz CT molecular complexity index is 367. The van der Waals surface area contributed by atoms with Gasteiger partial charge < -0.3 is 5.11 Å². The molecule has 0 saturated carbocycles. The number of carboxylic acid groups (broad SMARTS) is 1. The van der Waals surface area contributed by atoms with Gasteiger partial charge in [0.1, 0.15) is 5.56 Å². The van der Waals surface area contributed by atoms with Gasteiger partial charge in [0.15, 0.2) is 0 Å². The Labute approximate surface area is 89.9 Å². The Hall–Kier alpha value is -1.32. The lowest BCUT2D eigenvalue weighted by atomic mass is 10.1. The second-order valence-electron chi connectivity index (χ2n) is 4.26. The minimum Gasteiger partial charge on any atom is -0.478 e. The number of nitrogens with zero attached hydrogens (tertiary/aromatic N) is 2. The third-order valence-corrected chi connectivity index (χ3v) is 2.51. The zero-order valence-electron chi connectivity index (χ0n) is 9.74. The van der Waals surface area contributed by atoms with Crippen molar-refractivity contribution < 1.29 is 9.90 Å². The molecule has 4 heteroatoms. The van der Waals surface area contributed by atoms with E-state index in [4.69, 9.17) is 5.11 Å². The molecule has 1 aromatic heterocycles. The van der Waals surface area contributed by atoms with Crippen LogP contribution in [0.15, 0.2) is 0 Å². The summed E-state index contributed by atoms with van der Waals surface area (Å²) in [6, 6.07) is 0. The molecule has 0 aromatic carbocycles. The van der Waals surface area contributed by atoms with Crippen LogP contribution in [0, 0.1) is 19.8 Å². The molecular weight excluding hydrogens is 192 g/mol. The highest BCUT2D eigenvalue weighted by atomic mass is 16.4. The minimum absolute atomic E-state index is 0.346. The van der Waals surface area contributed by atoms with Gasteiger partial charge >= 0.3 is 5.97 Å². The zero-order valence-corrected chi connectivity index (χ0v) is 9.74. The number of carboxylic acids is 1. The van der Waals surface area contributed by atoms with Crippen LogP contribution in [-0.4, -0.2) is 20.9 Å². The summed E-state index contributed by atoms with van der Waals surface area (Å²) in [5.74, 6) is -0.289. The molecule has 0 aliphatic carbocycles. The van der Waals surface area contributed by atoms with Gasteiger partial charge in [-0.25, -0.2) is 4.79 Å². The molecule has 1 aromatic rings. The van der Waals surface area contributed by atoms with E-state index in [0.717, 1.165) is 18.7 Å². The average Bonchev–Trinajstić information content (AvgIpc) is 2.37. The summed E-state index contributed by atoms with van der Waals surface area (Å²) in [5.41, 5.74) is 1.70. The summed E-state index contributed by atoms with van der Waals surface area (Å²) >= 11 is 0. The van der Waals surface area contributed by atoms with Crippen LogP contribution >= 0.6 is 0 Å². The predicted octanol–water partition coefficient (Wildman–Crippen LogP) is 2.24. The topological polar surface area (TPSA) is 55.1 Å². The van der Waals surface area contributed by atoms with Gasteiger partial charge in [-0.3, -0.25) is 4.68 Å². The third-order valence-electron chi connectivity index (χ3n) is 2.51. The molecule has 0 aliphatic heterocycles. The lowest BCUT2D eigenvalue weighted by Gasteiger charge is -2.06. The van der Waals surface area contributed by atoms with E-state index in [1.165, 1.54) is 0 Å². The number of aromatic nitrogens is 2. The Morgan fingerprint density at radius 3 is 2.47 bits per heavy atom. The Morgan fingerprint density at radius 1 is 1.47 bits per heavy atom. The Morgan fingerprint density at radius 2 is 2.07 bits per heavy atom. The van der Waals surface area contributed by atoms with Crippen LogP contribution < -0.4 is 0 Å². The quantitative estimate of drug-likeness (QED) is 0.829. The fraction of sp³-hybridized carbons (Fsp3) is 0.636. The van der Waals surface area contributed by atoms with E-state index in [-0.39, 0.29) is 0 Å². The van der Waals surface area contributed by atoms with Crippen LogP contribution in [0.2, 0.25) is 0 Å². The highest BCUT2D eigenvalue weighted by Gasteiger charge is 2.17. The van der Waals surface area contributed by atoms with Crippen LogP contribution in [0.5, 0.6) is 0 Å². The summed E-state index contributed by atoms with van der Waals surface area (Å²) in [4.78, 5) is 10.9. The number of aromatic carboxylic acids is 1. The van der Waals surface area contributed by atoms with Gasteiger partial charge in [0, 0.05) is 6.54 Å². The van der Waals surface area contributed by atoms with Crippen molar-refractivity contribution in [2.45, 2.75) is 40.7 Å². The molecular formula is C11H18N2O2. The van der Waals surface area contributed by atoms with E-state index >= 15 is 0 Å². The summed E-state index contributed by atoms with van der Waals surface area (Å²) < 4.78 is 1.79. The van der Waals surface area contributed by atoms with Crippen molar-refractivity contribution in [1.82, 2.24) is 9.78 Å². The first kappa shape index (κ1) is 11.8. The van der Waals surface area contributed by atoms with E-state index in [2.05, 4.69) is 18.9 Å². The summed E-state index contributed by atoms with van der Waals surface area (Å²) in [5, 5.41) is 13.2. The van der Waals surface area contributed by atoms with E-state index in [0.29, 0.717) is 17.2 Å². The van der Waals surface area contributed by atoms with Gasteiger partial charge in [0.25, 0.3) is 0 Å². The molecule has 1 heterocycles. The van der Waals surface area contributed by atoms with Gasteiger partial charge in [-0.05, 0) is 26.2 Å². The fourth-order valence-electron chi connectivity index (χ4n) is 1.60. The molecule has 0 amide bonds. The first-order valence-corrected chi connectivity index (χ1v) is 5.20.